The Bertz CT molecular complexity index is 408. The van der Waals surface area contributed by atoms with Crippen molar-refractivity contribution in [3.63, 3.8) is 0 Å². The van der Waals surface area contributed by atoms with Gasteiger partial charge in [0.25, 0.3) is 0 Å². The van der Waals surface area contributed by atoms with Crippen molar-refractivity contribution in [1.82, 2.24) is 4.98 Å². The second-order valence-electron chi connectivity index (χ2n) is 2.63. The molecule has 0 N–H and O–H groups in total. The van der Waals surface area contributed by atoms with E-state index < -0.39 is 23.4 Å². The molecule has 1 rings (SSSR count). The second-order valence-corrected chi connectivity index (χ2v) is 2.63. The summed E-state index contributed by atoms with van der Waals surface area (Å²) >= 11 is 0. The molecule has 0 bridgehead atoms. The third kappa shape index (κ3) is 2.70. The number of halogens is 1. The number of rotatable bonds is 3. The van der Waals surface area contributed by atoms with E-state index in [2.05, 4.69) is 9.72 Å². The summed E-state index contributed by atoms with van der Waals surface area (Å²) in [6.45, 7) is -0.666. The first-order valence-electron chi connectivity index (χ1n) is 3.90. The van der Waals surface area contributed by atoms with Crippen molar-refractivity contribution in [2.45, 2.75) is 6.54 Å². The van der Waals surface area contributed by atoms with Crippen molar-refractivity contribution in [2.24, 2.45) is 0 Å². The minimum Gasteiger partial charge on any atom is -0.464 e. The average molecular weight is 214 g/mol. The minimum atomic E-state index is -1.03. The van der Waals surface area contributed by atoms with Gasteiger partial charge in [-0.3, -0.25) is 10.1 Å². The molecule has 6 nitrogen and oxygen atoms in total. The van der Waals surface area contributed by atoms with E-state index in [4.69, 9.17) is 0 Å². The maximum atomic E-state index is 13.1. The zero-order chi connectivity index (χ0) is 11.4. The number of aromatic nitrogens is 1. The van der Waals surface area contributed by atoms with E-state index in [0.717, 1.165) is 13.2 Å². The van der Waals surface area contributed by atoms with Crippen molar-refractivity contribution >= 4 is 5.97 Å². The predicted molar refractivity (Wildman–Crippen MR) is 46.2 cm³/mol. The van der Waals surface area contributed by atoms with Gasteiger partial charge in [-0.1, -0.05) is 0 Å². The third-order valence-corrected chi connectivity index (χ3v) is 1.62. The van der Waals surface area contributed by atoms with Gasteiger partial charge < -0.3 is 4.74 Å². The Balaban J connectivity index is 2.97. The van der Waals surface area contributed by atoms with Crippen LogP contribution in [0.2, 0.25) is 0 Å². The van der Waals surface area contributed by atoms with Crippen molar-refractivity contribution in [2.75, 3.05) is 7.11 Å². The van der Waals surface area contributed by atoms with Crippen molar-refractivity contribution in [3.8, 4) is 0 Å². The van der Waals surface area contributed by atoms with Crippen LogP contribution >= 0.6 is 0 Å². The fourth-order valence-corrected chi connectivity index (χ4v) is 0.938. The third-order valence-electron chi connectivity index (χ3n) is 1.62. The standard InChI is InChI=1S/C8H7FN2O4/c1-15-8(12)6-3-2-5(4-11(13)14)7(9)10-6/h2-3H,4H2,1H3. The summed E-state index contributed by atoms with van der Waals surface area (Å²) < 4.78 is 17.4. The summed E-state index contributed by atoms with van der Waals surface area (Å²) in [5.41, 5.74) is -0.394. The van der Waals surface area contributed by atoms with Gasteiger partial charge in [-0.25, -0.2) is 9.78 Å². The van der Waals surface area contributed by atoms with E-state index in [1.807, 2.05) is 0 Å². The molecule has 80 valence electrons. The molecule has 0 spiro atoms. The number of carbonyl (C=O) groups excluding carboxylic acids is 1. The number of nitrogens with zero attached hydrogens (tertiary/aromatic N) is 2. The van der Waals surface area contributed by atoms with E-state index in [1.165, 1.54) is 6.07 Å². The molecular weight excluding hydrogens is 207 g/mol. The van der Waals surface area contributed by atoms with Crippen molar-refractivity contribution in [1.29, 1.82) is 0 Å². The van der Waals surface area contributed by atoms with E-state index in [0.29, 0.717) is 0 Å². The van der Waals surface area contributed by atoms with Crippen LogP contribution < -0.4 is 0 Å². The Hall–Kier alpha value is -2.05. The first-order chi connectivity index (χ1) is 7.04. The number of esters is 1. The van der Waals surface area contributed by atoms with Gasteiger partial charge in [0.15, 0.2) is 5.69 Å². The number of hydrogen-bond donors (Lipinski definition) is 0. The Labute approximate surface area is 83.8 Å². The van der Waals surface area contributed by atoms with E-state index in [1.54, 1.807) is 0 Å². The summed E-state index contributed by atoms with van der Waals surface area (Å²) in [5, 5.41) is 10.1. The van der Waals surface area contributed by atoms with Crippen LogP contribution in [-0.2, 0) is 11.3 Å². The summed E-state index contributed by atoms with van der Waals surface area (Å²) in [4.78, 5) is 23.6. The molecule has 0 amide bonds. The molecule has 0 aliphatic carbocycles. The van der Waals surface area contributed by atoms with Crippen LogP contribution in [0.5, 0.6) is 0 Å². The lowest BCUT2D eigenvalue weighted by Crippen LogP contribution is -2.09. The molecule has 7 heteroatoms. The largest absolute Gasteiger partial charge is 0.464 e. The zero-order valence-electron chi connectivity index (χ0n) is 7.77. The highest BCUT2D eigenvalue weighted by Gasteiger charge is 2.14. The van der Waals surface area contributed by atoms with Gasteiger partial charge in [0.05, 0.1) is 12.7 Å². The Morgan fingerprint density at radius 1 is 1.67 bits per heavy atom. The zero-order valence-corrected chi connectivity index (χ0v) is 7.77. The fourth-order valence-electron chi connectivity index (χ4n) is 0.938. The van der Waals surface area contributed by atoms with Gasteiger partial charge in [0.2, 0.25) is 12.5 Å². The molecule has 0 unspecified atom stereocenters. The van der Waals surface area contributed by atoms with Gasteiger partial charge in [-0.2, -0.15) is 4.39 Å². The van der Waals surface area contributed by atoms with E-state index in [9.17, 15) is 19.3 Å². The number of nitro groups is 1. The first kappa shape index (κ1) is 11.0. The quantitative estimate of drug-likeness (QED) is 0.321. The number of carbonyl (C=O) groups is 1. The van der Waals surface area contributed by atoms with Crippen LogP contribution in [0.15, 0.2) is 12.1 Å². The average Bonchev–Trinajstić information content (AvgIpc) is 2.19. The van der Waals surface area contributed by atoms with Crippen molar-refractivity contribution < 1.29 is 18.8 Å². The summed E-state index contributed by atoms with van der Waals surface area (Å²) in [7, 11) is 1.13. The molecule has 0 saturated heterocycles. The number of hydrogen-bond acceptors (Lipinski definition) is 5. The highest BCUT2D eigenvalue weighted by atomic mass is 19.1. The number of methoxy groups -OCH3 is 1. The molecule has 1 heterocycles. The molecule has 0 aliphatic rings. The maximum absolute atomic E-state index is 13.1. The van der Waals surface area contributed by atoms with Gasteiger partial charge in [-0.05, 0) is 12.1 Å². The van der Waals surface area contributed by atoms with Gasteiger partial charge in [0, 0.05) is 4.92 Å². The molecule has 0 aliphatic heterocycles. The molecule has 0 atom stereocenters. The lowest BCUT2D eigenvalue weighted by Gasteiger charge is -2.00. The van der Waals surface area contributed by atoms with Crippen LogP contribution in [0.1, 0.15) is 16.1 Å². The van der Waals surface area contributed by atoms with E-state index >= 15 is 0 Å². The predicted octanol–water partition coefficient (Wildman–Crippen LogP) is 0.784. The smallest absolute Gasteiger partial charge is 0.356 e. The van der Waals surface area contributed by atoms with Crippen LogP contribution in [0.25, 0.3) is 0 Å². The Kier molecular flexibility index (Phi) is 3.27. The van der Waals surface area contributed by atoms with Crippen LogP contribution in [0, 0.1) is 16.1 Å². The van der Waals surface area contributed by atoms with Gasteiger partial charge in [-0.15, -0.1) is 0 Å². The van der Waals surface area contributed by atoms with Crippen LogP contribution in [0.3, 0.4) is 0 Å². The lowest BCUT2D eigenvalue weighted by molar-refractivity contribution is -0.497. The lowest BCUT2D eigenvalue weighted by atomic mass is 10.2. The van der Waals surface area contributed by atoms with Crippen LogP contribution in [-0.4, -0.2) is 23.0 Å². The highest BCUT2D eigenvalue weighted by molar-refractivity contribution is 5.86. The minimum absolute atomic E-state index is 0.173. The van der Waals surface area contributed by atoms with Gasteiger partial charge >= 0.3 is 5.97 Å². The van der Waals surface area contributed by atoms with Gasteiger partial charge in [0.1, 0.15) is 0 Å². The monoisotopic (exact) mass is 214 g/mol. The normalized spacial score (nSPS) is 9.73. The second kappa shape index (κ2) is 4.45. The molecule has 1 aromatic heterocycles. The van der Waals surface area contributed by atoms with E-state index in [-0.39, 0.29) is 11.3 Å². The Morgan fingerprint density at radius 2 is 2.33 bits per heavy atom. The fraction of sp³-hybridized carbons (Fsp3) is 0.250. The summed E-state index contributed by atoms with van der Waals surface area (Å²) in [5.74, 6) is -1.82. The summed E-state index contributed by atoms with van der Waals surface area (Å²) in [6, 6.07) is 2.31. The molecule has 15 heavy (non-hydrogen) atoms. The highest BCUT2D eigenvalue weighted by Crippen LogP contribution is 2.08. The van der Waals surface area contributed by atoms with Crippen molar-refractivity contribution in [3.05, 3.63) is 39.5 Å². The first-order valence-corrected chi connectivity index (χ1v) is 3.90. The number of ether oxygens (including phenoxy) is 1. The molecule has 0 aromatic carbocycles. The topological polar surface area (TPSA) is 82.3 Å². The molecule has 0 radical (unpaired) electrons. The molecule has 0 fully saturated rings. The molecular formula is C8H7FN2O4. The maximum Gasteiger partial charge on any atom is 0.356 e. The number of pyridine rings is 1. The summed E-state index contributed by atoms with van der Waals surface area (Å²) in [6.07, 6.45) is 0. The molecule has 1 aromatic rings. The molecule has 0 saturated carbocycles. The van der Waals surface area contributed by atoms with Crippen LogP contribution in [0.4, 0.5) is 4.39 Å². The Morgan fingerprint density at radius 3 is 2.80 bits per heavy atom. The SMILES string of the molecule is COC(=O)c1ccc(C[N+](=O)[O-])c(F)n1.